The number of carbonyl (C=O) groups excluding carboxylic acids is 2. The van der Waals surface area contributed by atoms with Gasteiger partial charge in [-0.3, -0.25) is 4.79 Å². The predicted molar refractivity (Wildman–Crippen MR) is 93.1 cm³/mol. The van der Waals surface area contributed by atoms with Crippen molar-refractivity contribution in [1.29, 1.82) is 0 Å². The highest BCUT2D eigenvalue weighted by Gasteiger charge is 2.30. The molecule has 0 saturated carbocycles. The van der Waals surface area contributed by atoms with E-state index in [1.54, 1.807) is 24.3 Å². The number of carbonyl (C=O) groups is 2. The molecule has 27 heavy (non-hydrogen) atoms. The smallest absolute Gasteiger partial charge is 0.338 e. The number of nitrogens with zero attached hydrogens (tertiary/aromatic N) is 2. The van der Waals surface area contributed by atoms with Gasteiger partial charge in [-0.25, -0.2) is 9.18 Å². The van der Waals surface area contributed by atoms with E-state index in [0.29, 0.717) is 11.1 Å². The molecule has 1 amide bonds. The molecule has 7 nitrogen and oxygen atoms in total. The Morgan fingerprint density at radius 3 is 2.37 bits per heavy atom. The predicted octanol–water partition coefficient (Wildman–Crippen LogP) is 2.83. The molecule has 138 valence electrons. The molecule has 1 atom stereocenters. The molecule has 1 heterocycles. The molecule has 3 aromatic rings. The SMILES string of the molecule is COC(=O)[C@@H](NC(=O)c1ccc(C)cc1)c1nnc(-c2ccc(F)cc2)o1. The Hall–Kier alpha value is -3.55. The van der Waals surface area contributed by atoms with Gasteiger partial charge in [-0.2, -0.15) is 0 Å². The number of amides is 1. The van der Waals surface area contributed by atoms with Crippen molar-refractivity contribution in [3.05, 3.63) is 71.4 Å². The van der Waals surface area contributed by atoms with E-state index in [9.17, 15) is 14.0 Å². The lowest BCUT2D eigenvalue weighted by Crippen LogP contribution is -2.34. The van der Waals surface area contributed by atoms with Crippen molar-refractivity contribution < 1.29 is 23.1 Å². The summed E-state index contributed by atoms with van der Waals surface area (Å²) in [4.78, 5) is 24.5. The Bertz CT molecular complexity index is 952. The van der Waals surface area contributed by atoms with Crippen LogP contribution < -0.4 is 5.32 Å². The number of hydrogen-bond donors (Lipinski definition) is 1. The number of ether oxygens (including phenoxy) is 1. The van der Waals surface area contributed by atoms with Gasteiger partial charge in [0, 0.05) is 11.1 Å². The minimum atomic E-state index is -1.27. The first-order valence-corrected chi connectivity index (χ1v) is 8.02. The highest BCUT2D eigenvalue weighted by molar-refractivity contribution is 5.96. The molecule has 1 N–H and O–H groups in total. The molecule has 0 fully saturated rings. The Kier molecular flexibility index (Phi) is 5.25. The van der Waals surface area contributed by atoms with Crippen molar-refractivity contribution in [3.8, 4) is 11.5 Å². The number of hydrogen-bond acceptors (Lipinski definition) is 6. The third-order valence-corrected chi connectivity index (χ3v) is 3.80. The summed E-state index contributed by atoms with van der Waals surface area (Å²) in [5.41, 5.74) is 1.84. The van der Waals surface area contributed by atoms with Crippen molar-refractivity contribution in [3.63, 3.8) is 0 Å². The van der Waals surface area contributed by atoms with E-state index in [1.807, 2.05) is 6.92 Å². The second-order valence-corrected chi connectivity index (χ2v) is 5.75. The fourth-order valence-electron chi connectivity index (χ4n) is 2.32. The maximum atomic E-state index is 13.0. The molecular weight excluding hydrogens is 353 g/mol. The van der Waals surface area contributed by atoms with E-state index >= 15 is 0 Å². The summed E-state index contributed by atoms with van der Waals surface area (Å²) in [5.74, 6) is -1.71. The largest absolute Gasteiger partial charge is 0.467 e. The minimum Gasteiger partial charge on any atom is -0.467 e. The summed E-state index contributed by atoms with van der Waals surface area (Å²) >= 11 is 0. The van der Waals surface area contributed by atoms with Gasteiger partial charge in [0.1, 0.15) is 5.82 Å². The molecule has 0 aliphatic rings. The molecular formula is C19H16FN3O4. The first kappa shape index (κ1) is 18.2. The van der Waals surface area contributed by atoms with E-state index in [-0.39, 0.29) is 11.8 Å². The van der Waals surface area contributed by atoms with Gasteiger partial charge in [-0.1, -0.05) is 17.7 Å². The summed E-state index contributed by atoms with van der Waals surface area (Å²) in [6, 6.07) is 11.0. The second-order valence-electron chi connectivity index (χ2n) is 5.75. The number of halogens is 1. The van der Waals surface area contributed by atoms with Crippen molar-refractivity contribution in [1.82, 2.24) is 15.5 Å². The Labute approximate surface area is 154 Å². The summed E-state index contributed by atoms with van der Waals surface area (Å²) in [7, 11) is 1.19. The van der Waals surface area contributed by atoms with E-state index in [0.717, 1.165) is 5.56 Å². The van der Waals surface area contributed by atoms with Crippen LogP contribution >= 0.6 is 0 Å². The maximum Gasteiger partial charge on any atom is 0.338 e. The molecule has 8 heteroatoms. The molecule has 1 aromatic heterocycles. The van der Waals surface area contributed by atoms with Gasteiger partial charge < -0.3 is 14.5 Å². The molecule has 3 rings (SSSR count). The van der Waals surface area contributed by atoms with Crippen LogP contribution in [0, 0.1) is 12.7 Å². The van der Waals surface area contributed by atoms with Crippen molar-refractivity contribution >= 4 is 11.9 Å². The quantitative estimate of drug-likeness (QED) is 0.695. The number of methoxy groups -OCH3 is 1. The second kappa shape index (κ2) is 7.77. The first-order chi connectivity index (χ1) is 13.0. The number of nitrogens with one attached hydrogen (secondary N) is 1. The monoisotopic (exact) mass is 369 g/mol. The molecule has 2 aromatic carbocycles. The number of esters is 1. The number of aromatic nitrogens is 2. The van der Waals surface area contributed by atoms with Crippen LogP contribution in [-0.4, -0.2) is 29.2 Å². The van der Waals surface area contributed by atoms with Crippen LogP contribution in [0.5, 0.6) is 0 Å². The lowest BCUT2D eigenvalue weighted by Gasteiger charge is -2.13. The van der Waals surface area contributed by atoms with Gasteiger partial charge in [0.25, 0.3) is 11.8 Å². The summed E-state index contributed by atoms with van der Waals surface area (Å²) in [6.45, 7) is 1.90. The maximum absolute atomic E-state index is 13.0. The van der Waals surface area contributed by atoms with Gasteiger partial charge in [-0.15, -0.1) is 10.2 Å². The van der Waals surface area contributed by atoms with E-state index < -0.39 is 23.7 Å². The topological polar surface area (TPSA) is 94.3 Å². The summed E-state index contributed by atoms with van der Waals surface area (Å²) in [6.07, 6.45) is 0. The van der Waals surface area contributed by atoms with Crippen LogP contribution in [0.2, 0.25) is 0 Å². The summed E-state index contributed by atoms with van der Waals surface area (Å²) in [5, 5.41) is 10.2. The zero-order valence-electron chi connectivity index (χ0n) is 14.6. The molecule has 0 aliphatic heterocycles. The number of benzene rings is 2. The Morgan fingerprint density at radius 2 is 1.74 bits per heavy atom. The number of rotatable bonds is 5. The molecule has 0 radical (unpaired) electrons. The van der Waals surface area contributed by atoms with Gasteiger partial charge in [0.05, 0.1) is 7.11 Å². The van der Waals surface area contributed by atoms with Gasteiger partial charge in [-0.05, 0) is 43.3 Å². The van der Waals surface area contributed by atoms with E-state index in [4.69, 9.17) is 9.15 Å². The van der Waals surface area contributed by atoms with E-state index in [1.165, 1.54) is 31.4 Å². The molecule has 0 saturated heterocycles. The third-order valence-electron chi connectivity index (χ3n) is 3.80. The van der Waals surface area contributed by atoms with Crippen LogP contribution in [0.1, 0.15) is 27.9 Å². The summed E-state index contributed by atoms with van der Waals surface area (Å²) < 4.78 is 23.3. The van der Waals surface area contributed by atoms with Gasteiger partial charge in [0.15, 0.2) is 0 Å². The zero-order chi connectivity index (χ0) is 19.4. The van der Waals surface area contributed by atoms with Crippen LogP contribution in [0.25, 0.3) is 11.5 Å². The zero-order valence-corrected chi connectivity index (χ0v) is 14.6. The third kappa shape index (κ3) is 4.17. The average Bonchev–Trinajstić information content (AvgIpc) is 3.16. The van der Waals surface area contributed by atoms with E-state index in [2.05, 4.69) is 15.5 Å². The van der Waals surface area contributed by atoms with Crippen molar-refractivity contribution in [2.24, 2.45) is 0 Å². The fraction of sp³-hybridized carbons (Fsp3) is 0.158. The van der Waals surface area contributed by atoms with Crippen LogP contribution in [0.15, 0.2) is 52.9 Å². The lowest BCUT2D eigenvalue weighted by atomic mass is 10.1. The molecule has 0 bridgehead atoms. The van der Waals surface area contributed by atoms with Crippen molar-refractivity contribution in [2.45, 2.75) is 13.0 Å². The number of aryl methyl sites for hydroxylation is 1. The fourth-order valence-corrected chi connectivity index (χ4v) is 2.32. The molecule has 0 spiro atoms. The standard InChI is InChI=1S/C19H16FN3O4/c1-11-3-5-12(6-4-11)16(24)21-15(19(25)26-2)18-23-22-17(27-18)13-7-9-14(20)10-8-13/h3-10,15H,1-2H3,(H,21,24)/t15-/m0/s1. The van der Waals surface area contributed by atoms with Crippen LogP contribution in [-0.2, 0) is 9.53 Å². The molecule has 0 aliphatic carbocycles. The Morgan fingerprint density at radius 1 is 1.07 bits per heavy atom. The highest BCUT2D eigenvalue weighted by atomic mass is 19.1. The van der Waals surface area contributed by atoms with Crippen LogP contribution in [0.3, 0.4) is 0 Å². The average molecular weight is 369 g/mol. The van der Waals surface area contributed by atoms with Crippen molar-refractivity contribution in [2.75, 3.05) is 7.11 Å². The van der Waals surface area contributed by atoms with Gasteiger partial charge in [0.2, 0.25) is 11.9 Å². The normalized spacial score (nSPS) is 11.7. The lowest BCUT2D eigenvalue weighted by molar-refractivity contribution is -0.143. The van der Waals surface area contributed by atoms with Gasteiger partial charge >= 0.3 is 5.97 Å². The highest BCUT2D eigenvalue weighted by Crippen LogP contribution is 2.22. The minimum absolute atomic E-state index is 0.0866. The van der Waals surface area contributed by atoms with Crippen LogP contribution in [0.4, 0.5) is 4.39 Å². The first-order valence-electron chi connectivity index (χ1n) is 8.02. The molecule has 0 unspecified atom stereocenters. The Balaban J connectivity index is 1.85.